The standard InChI is InChI=1S/C22H27F2N5O3/c1-15(21(30)29-9-11-32-12-10-29)27-5-7-28(8-6-27)22(31)18-14-26(2)25-20(18)17-4-3-16(23)13-19(17)24/h3-4,13-15H,5-12H2,1-2H3. The topological polar surface area (TPSA) is 70.9 Å². The zero-order valence-corrected chi connectivity index (χ0v) is 18.3. The normalized spacial score (nSPS) is 18.6. The molecule has 4 rings (SSSR count). The highest BCUT2D eigenvalue weighted by Gasteiger charge is 2.32. The molecule has 1 aromatic heterocycles. The fourth-order valence-electron chi connectivity index (χ4n) is 4.21. The van der Waals surface area contributed by atoms with E-state index >= 15 is 0 Å². The minimum absolute atomic E-state index is 0.0782. The highest BCUT2D eigenvalue weighted by atomic mass is 19.1. The van der Waals surface area contributed by atoms with Crippen molar-refractivity contribution in [2.75, 3.05) is 52.5 Å². The van der Waals surface area contributed by atoms with Crippen LogP contribution in [-0.2, 0) is 16.6 Å². The Labute approximate surface area is 185 Å². The number of morpholine rings is 1. The van der Waals surface area contributed by atoms with E-state index in [0.717, 1.165) is 12.1 Å². The molecular weight excluding hydrogens is 420 g/mol. The summed E-state index contributed by atoms with van der Waals surface area (Å²) in [5.41, 5.74) is 0.538. The maximum absolute atomic E-state index is 14.3. The van der Waals surface area contributed by atoms with Crippen LogP contribution in [-0.4, -0.2) is 94.8 Å². The first-order chi connectivity index (χ1) is 15.3. The molecule has 2 amide bonds. The van der Waals surface area contributed by atoms with Crippen molar-refractivity contribution >= 4 is 11.8 Å². The van der Waals surface area contributed by atoms with E-state index in [1.54, 1.807) is 18.1 Å². The monoisotopic (exact) mass is 447 g/mol. The second kappa shape index (κ2) is 9.33. The zero-order chi connectivity index (χ0) is 22.8. The van der Waals surface area contributed by atoms with Gasteiger partial charge in [0.25, 0.3) is 5.91 Å². The van der Waals surface area contributed by atoms with Crippen molar-refractivity contribution in [3.8, 4) is 11.3 Å². The molecule has 2 aliphatic rings. The molecule has 0 spiro atoms. The van der Waals surface area contributed by atoms with Crippen molar-refractivity contribution in [2.24, 2.45) is 7.05 Å². The Kier molecular flexibility index (Phi) is 6.52. The maximum Gasteiger partial charge on any atom is 0.257 e. The third-order valence-electron chi connectivity index (χ3n) is 6.07. The van der Waals surface area contributed by atoms with Gasteiger partial charge < -0.3 is 14.5 Å². The van der Waals surface area contributed by atoms with E-state index in [4.69, 9.17) is 4.74 Å². The first kappa shape index (κ1) is 22.3. The van der Waals surface area contributed by atoms with E-state index in [9.17, 15) is 18.4 Å². The predicted molar refractivity (Wildman–Crippen MR) is 113 cm³/mol. The number of halogens is 2. The molecule has 32 heavy (non-hydrogen) atoms. The summed E-state index contributed by atoms with van der Waals surface area (Å²) in [5, 5.41) is 4.24. The predicted octanol–water partition coefficient (Wildman–Crippen LogP) is 1.37. The van der Waals surface area contributed by atoms with Gasteiger partial charge in [-0.15, -0.1) is 0 Å². The van der Waals surface area contributed by atoms with Gasteiger partial charge in [-0.2, -0.15) is 5.10 Å². The molecule has 0 N–H and O–H groups in total. The average molecular weight is 447 g/mol. The minimum Gasteiger partial charge on any atom is -0.378 e. The number of carbonyl (C=O) groups is 2. The lowest BCUT2D eigenvalue weighted by Crippen LogP contribution is -2.56. The summed E-state index contributed by atoms with van der Waals surface area (Å²) >= 11 is 0. The molecule has 1 aromatic carbocycles. The number of ether oxygens (including phenoxy) is 1. The number of carbonyl (C=O) groups excluding carboxylic acids is 2. The van der Waals surface area contributed by atoms with Crippen LogP contribution in [0.1, 0.15) is 17.3 Å². The summed E-state index contributed by atoms with van der Waals surface area (Å²) in [6.45, 7) is 6.22. The summed E-state index contributed by atoms with van der Waals surface area (Å²) in [6, 6.07) is 2.95. The second-order valence-corrected chi connectivity index (χ2v) is 8.13. The minimum atomic E-state index is -0.766. The maximum atomic E-state index is 14.3. The number of amides is 2. The zero-order valence-electron chi connectivity index (χ0n) is 18.3. The van der Waals surface area contributed by atoms with Gasteiger partial charge in [-0.1, -0.05) is 0 Å². The van der Waals surface area contributed by atoms with Crippen LogP contribution in [0, 0.1) is 11.6 Å². The van der Waals surface area contributed by atoms with Gasteiger partial charge in [0.05, 0.1) is 24.8 Å². The number of aromatic nitrogens is 2. The summed E-state index contributed by atoms with van der Waals surface area (Å²) in [6.07, 6.45) is 1.55. The molecule has 2 aliphatic heterocycles. The lowest BCUT2D eigenvalue weighted by atomic mass is 10.1. The van der Waals surface area contributed by atoms with Crippen LogP contribution in [0.3, 0.4) is 0 Å². The molecule has 1 atom stereocenters. The van der Waals surface area contributed by atoms with E-state index < -0.39 is 11.6 Å². The molecule has 2 fully saturated rings. The fraction of sp³-hybridized carbons (Fsp3) is 0.500. The Bertz CT molecular complexity index is 997. The molecular formula is C22H27F2N5O3. The van der Waals surface area contributed by atoms with Gasteiger partial charge in [-0.3, -0.25) is 19.2 Å². The van der Waals surface area contributed by atoms with E-state index in [1.165, 1.54) is 10.7 Å². The van der Waals surface area contributed by atoms with E-state index in [0.29, 0.717) is 52.5 Å². The number of piperazine rings is 1. The average Bonchev–Trinajstić information content (AvgIpc) is 3.19. The third-order valence-corrected chi connectivity index (χ3v) is 6.07. The Morgan fingerprint density at radius 2 is 1.72 bits per heavy atom. The molecule has 1 unspecified atom stereocenters. The van der Waals surface area contributed by atoms with Crippen molar-refractivity contribution in [3.63, 3.8) is 0 Å². The van der Waals surface area contributed by atoms with Crippen LogP contribution in [0.25, 0.3) is 11.3 Å². The highest BCUT2D eigenvalue weighted by Crippen LogP contribution is 2.27. The van der Waals surface area contributed by atoms with Crippen molar-refractivity contribution in [1.29, 1.82) is 0 Å². The van der Waals surface area contributed by atoms with E-state index in [-0.39, 0.29) is 34.7 Å². The molecule has 2 saturated heterocycles. The van der Waals surface area contributed by atoms with Crippen LogP contribution in [0.15, 0.2) is 24.4 Å². The van der Waals surface area contributed by atoms with E-state index in [2.05, 4.69) is 10.00 Å². The van der Waals surface area contributed by atoms with Gasteiger partial charge in [0.1, 0.15) is 17.3 Å². The molecule has 8 nitrogen and oxygen atoms in total. The van der Waals surface area contributed by atoms with Gasteiger partial charge >= 0.3 is 0 Å². The fourth-order valence-corrected chi connectivity index (χ4v) is 4.21. The summed E-state index contributed by atoms with van der Waals surface area (Å²) in [4.78, 5) is 31.6. The molecule has 2 aromatic rings. The van der Waals surface area contributed by atoms with Gasteiger partial charge in [0, 0.05) is 64.1 Å². The molecule has 3 heterocycles. The van der Waals surface area contributed by atoms with Gasteiger partial charge in [0.2, 0.25) is 5.91 Å². The van der Waals surface area contributed by atoms with Crippen molar-refractivity contribution in [2.45, 2.75) is 13.0 Å². The Morgan fingerprint density at radius 3 is 2.38 bits per heavy atom. The molecule has 0 saturated carbocycles. The first-order valence-electron chi connectivity index (χ1n) is 10.7. The molecule has 172 valence electrons. The Balaban J connectivity index is 1.43. The molecule has 0 bridgehead atoms. The van der Waals surface area contributed by atoms with Crippen molar-refractivity contribution in [1.82, 2.24) is 24.5 Å². The summed E-state index contributed by atoms with van der Waals surface area (Å²) < 4.78 is 34.4. The molecule has 0 aliphatic carbocycles. The number of aryl methyl sites for hydroxylation is 1. The quantitative estimate of drug-likeness (QED) is 0.708. The lowest BCUT2D eigenvalue weighted by molar-refractivity contribution is -0.141. The van der Waals surface area contributed by atoms with E-state index in [1.807, 2.05) is 11.8 Å². The van der Waals surface area contributed by atoms with Gasteiger partial charge in [-0.25, -0.2) is 8.78 Å². The van der Waals surface area contributed by atoms with Crippen molar-refractivity contribution < 1.29 is 23.1 Å². The molecule has 10 heteroatoms. The summed E-state index contributed by atoms with van der Waals surface area (Å²) in [7, 11) is 1.65. The lowest BCUT2D eigenvalue weighted by Gasteiger charge is -2.39. The third kappa shape index (κ3) is 4.51. The Morgan fingerprint density at radius 1 is 1.03 bits per heavy atom. The van der Waals surface area contributed by atoms with Gasteiger partial charge in [-0.05, 0) is 19.1 Å². The van der Waals surface area contributed by atoms with Crippen LogP contribution in [0.2, 0.25) is 0 Å². The number of nitrogens with zero attached hydrogens (tertiary/aromatic N) is 5. The number of hydrogen-bond donors (Lipinski definition) is 0. The van der Waals surface area contributed by atoms with Crippen molar-refractivity contribution in [3.05, 3.63) is 41.6 Å². The van der Waals surface area contributed by atoms with Crippen LogP contribution < -0.4 is 0 Å². The second-order valence-electron chi connectivity index (χ2n) is 8.13. The number of benzene rings is 1. The van der Waals surface area contributed by atoms with Gasteiger partial charge in [0.15, 0.2) is 0 Å². The Hall–Kier alpha value is -2.85. The first-order valence-corrected chi connectivity index (χ1v) is 10.7. The number of rotatable bonds is 4. The van der Waals surface area contributed by atoms with Crippen LogP contribution in [0.5, 0.6) is 0 Å². The SMILES string of the molecule is CC(C(=O)N1CCOCC1)N1CCN(C(=O)c2cn(C)nc2-c2ccc(F)cc2F)CC1. The van der Waals surface area contributed by atoms with Crippen LogP contribution in [0.4, 0.5) is 8.78 Å². The molecule has 0 radical (unpaired) electrons. The summed E-state index contributed by atoms with van der Waals surface area (Å²) in [5.74, 6) is -1.64. The smallest absolute Gasteiger partial charge is 0.257 e. The largest absolute Gasteiger partial charge is 0.378 e. The number of hydrogen-bond acceptors (Lipinski definition) is 5. The highest BCUT2D eigenvalue weighted by molar-refractivity contribution is 6.00. The van der Waals surface area contributed by atoms with Crippen LogP contribution >= 0.6 is 0 Å².